The molecule has 160 valence electrons. The Morgan fingerprint density at radius 3 is 2.60 bits per heavy atom. The largest absolute Gasteiger partial charge is 0.326 e. The van der Waals surface area contributed by atoms with Crippen molar-refractivity contribution in [3.05, 3.63) is 53.9 Å². The number of amides is 1. The summed E-state index contributed by atoms with van der Waals surface area (Å²) in [5.74, 6) is -0.432. The van der Waals surface area contributed by atoms with Crippen molar-refractivity contribution in [3.63, 3.8) is 0 Å². The molecule has 4 rings (SSSR count). The molecule has 7 heteroatoms. The van der Waals surface area contributed by atoms with E-state index in [1.165, 1.54) is 10.5 Å². The van der Waals surface area contributed by atoms with Crippen LogP contribution in [0.4, 0.5) is 5.69 Å². The first-order valence-electron chi connectivity index (χ1n) is 10.6. The smallest absolute Gasteiger partial charge is 0.244 e. The number of rotatable bonds is 4. The number of nitrogens with zero attached hydrogens (tertiary/aromatic N) is 2. The number of anilines is 1. The first kappa shape index (κ1) is 21.0. The highest BCUT2D eigenvalue weighted by molar-refractivity contribution is 7.89. The Kier molecular flexibility index (Phi) is 5.68. The summed E-state index contributed by atoms with van der Waals surface area (Å²) in [5, 5.41) is 3.10. The number of hydrogen-bond acceptors (Lipinski definition) is 4. The fourth-order valence-electron chi connectivity index (χ4n) is 4.98. The van der Waals surface area contributed by atoms with Gasteiger partial charge in [-0.05, 0) is 61.4 Å². The van der Waals surface area contributed by atoms with Crippen LogP contribution in [-0.2, 0) is 14.8 Å². The second kappa shape index (κ2) is 8.12. The van der Waals surface area contributed by atoms with Crippen LogP contribution in [0.2, 0.25) is 0 Å². The van der Waals surface area contributed by atoms with Gasteiger partial charge in [0.2, 0.25) is 15.9 Å². The molecule has 1 atom stereocenters. The number of benzene rings is 1. The lowest BCUT2D eigenvalue weighted by atomic mass is 9.67. The molecule has 2 aliphatic rings. The molecule has 1 saturated carbocycles. The van der Waals surface area contributed by atoms with Crippen molar-refractivity contribution in [2.45, 2.75) is 50.8 Å². The number of nitrogens with one attached hydrogen (secondary N) is 1. The number of carbonyl (C=O) groups is 1. The second-order valence-corrected chi connectivity index (χ2v) is 10.6. The molecule has 2 heterocycles. The van der Waals surface area contributed by atoms with Crippen LogP contribution in [-0.4, -0.2) is 36.7 Å². The van der Waals surface area contributed by atoms with E-state index in [-0.39, 0.29) is 28.7 Å². The van der Waals surface area contributed by atoms with E-state index in [2.05, 4.69) is 10.3 Å². The SMILES string of the molecule is Cc1cccc(NC(=O)C2CN(S(=O)(=O)c3cccnc3)CC23CCCCC3)c1C. The molecular formula is C23H29N3O3S. The van der Waals surface area contributed by atoms with Crippen LogP contribution in [0.5, 0.6) is 0 Å². The van der Waals surface area contributed by atoms with Crippen LogP contribution in [0.3, 0.4) is 0 Å². The Balaban J connectivity index is 1.63. The molecule has 1 amide bonds. The van der Waals surface area contributed by atoms with Crippen LogP contribution in [0, 0.1) is 25.2 Å². The molecular weight excluding hydrogens is 398 g/mol. The van der Waals surface area contributed by atoms with Crippen molar-refractivity contribution in [3.8, 4) is 0 Å². The van der Waals surface area contributed by atoms with Gasteiger partial charge >= 0.3 is 0 Å². The average Bonchev–Trinajstić information content (AvgIpc) is 3.12. The average molecular weight is 428 g/mol. The van der Waals surface area contributed by atoms with Crippen molar-refractivity contribution in [2.24, 2.45) is 11.3 Å². The zero-order chi connectivity index (χ0) is 21.4. The molecule has 30 heavy (non-hydrogen) atoms. The monoisotopic (exact) mass is 427 g/mol. The molecule has 2 fully saturated rings. The number of aryl methyl sites for hydroxylation is 1. The summed E-state index contributed by atoms with van der Waals surface area (Å²) < 4.78 is 28.0. The molecule has 1 aliphatic heterocycles. The zero-order valence-corrected chi connectivity index (χ0v) is 18.4. The summed E-state index contributed by atoms with van der Waals surface area (Å²) >= 11 is 0. The normalized spacial score (nSPS) is 21.6. The fourth-order valence-corrected chi connectivity index (χ4v) is 6.50. The van der Waals surface area contributed by atoms with Crippen molar-refractivity contribution >= 4 is 21.6 Å². The highest BCUT2D eigenvalue weighted by atomic mass is 32.2. The van der Waals surface area contributed by atoms with Gasteiger partial charge in [-0.3, -0.25) is 9.78 Å². The van der Waals surface area contributed by atoms with Crippen LogP contribution >= 0.6 is 0 Å². The van der Waals surface area contributed by atoms with Crippen molar-refractivity contribution in [1.82, 2.24) is 9.29 Å². The van der Waals surface area contributed by atoms with Gasteiger partial charge in [0.1, 0.15) is 4.90 Å². The van der Waals surface area contributed by atoms with Gasteiger partial charge in [0.05, 0.1) is 5.92 Å². The zero-order valence-electron chi connectivity index (χ0n) is 17.6. The van der Waals surface area contributed by atoms with Gasteiger partial charge in [0, 0.05) is 31.2 Å². The quantitative estimate of drug-likeness (QED) is 0.802. The minimum atomic E-state index is -3.68. The van der Waals surface area contributed by atoms with Crippen LogP contribution < -0.4 is 5.32 Å². The standard InChI is InChI=1S/C23H29N3O3S/c1-17-8-6-10-21(18(17)2)25-22(27)20-15-26(16-23(20)11-4-3-5-12-23)30(28,29)19-9-7-13-24-14-19/h6-10,13-14,20H,3-5,11-12,15-16H2,1-2H3,(H,25,27). The van der Waals surface area contributed by atoms with Gasteiger partial charge in [-0.2, -0.15) is 4.31 Å². The van der Waals surface area contributed by atoms with E-state index in [0.717, 1.165) is 48.9 Å². The molecule has 1 aromatic carbocycles. The van der Waals surface area contributed by atoms with Gasteiger partial charge in [-0.1, -0.05) is 31.4 Å². The van der Waals surface area contributed by atoms with Gasteiger partial charge in [0.15, 0.2) is 0 Å². The van der Waals surface area contributed by atoms with Crippen molar-refractivity contribution < 1.29 is 13.2 Å². The Hall–Kier alpha value is -2.25. The molecule has 1 aromatic heterocycles. The molecule has 2 aromatic rings. The van der Waals surface area contributed by atoms with Gasteiger partial charge in [-0.25, -0.2) is 8.42 Å². The van der Waals surface area contributed by atoms with Gasteiger partial charge in [-0.15, -0.1) is 0 Å². The van der Waals surface area contributed by atoms with Gasteiger partial charge < -0.3 is 5.32 Å². The Labute approximate surface area is 178 Å². The number of carbonyl (C=O) groups excluding carboxylic acids is 1. The maximum absolute atomic E-state index is 13.4. The summed E-state index contributed by atoms with van der Waals surface area (Å²) in [7, 11) is -3.68. The first-order chi connectivity index (χ1) is 14.3. The minimum Gasteiger partial charge on any atom is -0.326 e. The van der Waals surface area contributed by atoms with E-state index < -0.39 is 10.0 Å². The Bertz CT molecular complexity index is 1030. The molecule has 1 aliphatic carbocycles. The molecule has 6 nitrogen and oxygen atoms in total. The first-order valence-corrected chi connectivity index (χ1v) is 12.0. The summed E-state index contributed by atoms with van der Waals surface area (Å²) in [6.45, 7) is 4.63. The third-order valence-electron chi connectivity index (χ3n) is 6.92. The van der Waals surface area contributed by atoms with E-state index >= 15 is 0 Å². The third kappa shape index (κ3) is 3.76. The van der Waals surface area contributed by atoms with Crippen molar-refractivity contribution in [1.29, 1.82) is 0 Å². The lowest BCUT2D eigenvalue weighted by Crippen LogP contribution is -2.39. The second-order valence-electron chi connectivity index (χ2n) is 8.70. The summed E-state index contributed by atoms with van der Waals surface area (Å²) in [4.78, 5) is 17.6. The molecule has 0 radical (unpaired) electrons. The van der Waals surface area contributed by atoms with E-state index in [4.69, 9.17) is 0 Å². The lowest BCUT2D eigenvalue weighted by molar-refractivity contribution is -0.123. The lowest BCUT2D eigenvalue weighted by Gasteiger charge is -2.37. The fraction of sp³-hybridized carbons (Fsp3) is 0.478. The highest BCUT2D eigenvalue weighted by Gasteiger charge is 2.53. The highest BCUT2D eigenvalue weighted by Crippen LogP contribution is 2.49. The Morgan fingerprint density at radius 1 is 1.13 bits per heavy atom. The maximum atomic E-state index is 13.4. The maximum Gasteiger partial charge on any atom is 0.244 e. The van der Waals surface area contributed by atoms with Gasteiger partial charge in [0.25, 0.3) is 0 Å². The van der Waals surface area contributed by atoms with Crippen molar-refractivity contribution in [2.75, 3.05) is 18.4 Å². The number of hydrogen-bond donors (Lipinski definition) is 1. The number of pyridine rings is 1. The summed E-state index contributed by atoms with van der Waals surface area (Å²) in [5.41, 5.74) is 2.67. The minimum absolute atomic E-state index is 0.0745. The topological polar surface area (TPSA) is 79.4 Å². The Morgan fingerprint density at radius 2 is 1.90 bits per heavy atom. The number of sulfonamides is 1. The third-order valence-corrected chi connectivity index (χ3v) is 8.71. The van der Waals surface area contributed by atoms with E-state index in [0.29, 0.717) is 6.54 Å². The van der Waals surface area contributed by atoms with Crippen LogP contribution in [0.1, 0.15) is 43.2 Å². The molecule has 1 N–H and O–H groups in total. The van der Waals surface area contributed by atoms with E-state index in [1.807, 2.05) is 32.0 Å². The van der Waals surface area contributed by atoms with E-state index in [9.17, 15) is 13.2 Å². The molecule has 1 spiro atoms. The number of aromatic nitrogens is 1. The predicted molar refractivity (Wildman–Crippen MR) is 117 cm³/mol. The van der Waals surface area contributed by atoms with E-state index in [1.54, 1.807) is 18.3 Å². The predicted octanol–water partition coefficient (Wildman–Crippen LogP) is 3.91. The molecule has 0 bridgehead atoms. The summed E-state index contributed by atoms with van der Waals surface area (Å²) in [6, 6.07) is 9.06. The van der Waals surface area contributed by atoms with Crippen LogP contribution in [0.15, 0.2) is 47.6 Å². The molecule has 1 saturated heterocycles. The molecule has 1 unspecified atom stereocenters. The summed E-state index contributed by atoms with van der Waals surface area (Å²) in [6.07, 6.45) is 7.93. The van der Waals surface area contributed by atoms with Crippen LogP contribution in [0.25, 0.3) is 0 Å².